The average Bonchev–Trinajstić information content (AvgIpc) is 2.39. The van der Waals surface area contributed by atoms with Gasteiger partial charge in [0.25, 0.3) is 0 Å². The summed E-state index contributed by atoms with van der Waals surface area (Å²) < 4.78 is 0. The molecule has 0 heterocycles. The minimum absolute atomic E-state index is 0. The van der Waals surface area contributed by atoms with E-state index in [4.69, 9.17) is 0 Å². The SMILES string of the molecule is O=C(O)C(O)(c1ccccc1)c1ccccc1.[W]. The van der Waals surface area contributed by atoms with Gasteiger partial charge in [0.05, 0.1) is 0 Å². The summed E-state index contributed by atoms with van der Waals surface area (Å²) in [6, 6.07) is 16.7. The van der Waals surface area contributed by atoms with E-state index < -0.39 is 11.6 Å². The van der Waals surface area contributed by atoms with Crippen LogP contribution >= 0.6 is 0 Å². The van der Waals surface area contributed by atoms with Gasteiger partial charge in [-0.2, -0.15) is 0 Å². The Morgan fingerprint density at radius 2 is 1.17 bits per heavy atom. The zero-order valence-corrected chi connectivity index (χ0v) is 12.4. The van der Waals surface area contributed by atoms with Crippen molar-refractivity contribution in [3.8, 4) is 0 Å². The number of carboxylic acids is 1. The van der Waals surface area contributed by atoms with E-state index in [-0.39, 0.29) is 21.1 Å². The third kappa shape index (κ3) is 2.52. The Labute approximate surface area is 119 Å². The summed E-state index contributed by atoms with van der Waals surface area (Å²) >= 11 is 0. The zero-order chi connectivity index (χ0) is 12.3. The molecule has 0 radical (unpaired) electrons. The Morgan fingerprint density at radius 1 is 0.833 bits per heavy atom. The number of hydrogen-bond acceptors (Lipinski definition) is 2. The van der Waals surface area contributed by atoms with Crippen molar-refractivity contribution in [2.75, 3.05) is 0 Å². The van der Waals surface area contributed by atoms with Crippen molar-refractivity contribution in [1.29, 1.82) is 0 Å². The van der Waals surface area contributed by atoms with Crippen LogP contribution < -0.4 is 0 Å². The molecule has 0 saturated heterocycles. The van der Waals surface area contributed by atoms with Gasteiger partial charge in [0, 0.05) is 21.1 Å². The topological polar surface area (TPSA) is 57.5 Å². The van der Waals surface area contributed by atoms with Gasteiger partial charge in [-0.25, -0.2) is 4.79 Å². The molecule has 0 saturated carbocycles. The van der Waals surface area contributed by atoms with Crippen molar-refractivity contribution in [2.45, 2.75) is 5.60 Å². The molecule has 18 heavy (non-hydrogen) atoms. The molecule has 0 bridgehead atoms. The number of hydrogen-bond donors (Lipinski definition) is 2. The molecule has 2 aromatic carbocycles. The molecule has 0 unspecified atom stereocenters. The van der Waals surface area contributed by atoms with Crippen molar-refractivity contribution in [1.82, 2.24) is 0 Å². The fourth-order valence-electron chi connectivity index (χ4n) is 1.77. The van der Waals surface area contributed by atoms with Crippen molar-refractivity contribution >= 4 is 5.97 Å². The fourth-order valence-corrected chi connectivity index (χ4v) is 1.77. The molecular weight excluding hydrogens is 400 g/mol. The van der Waals surface area contributed by atoms with Gasteiger partial charge in [0.15, 0.2) is 0 Å². The molecule has 0 amide bonds. The second-order valence-corrected chi connectivity index (χ2v) is 3.75. The Kier molecular flexibility index (Phi) is 4.83. The average molecular weight is 412 g/mol. The molecule has 0 atom stereocenters. The van der Waals surface area contributed by atoms with Crippen LogP contribution in [0.2, 0.25) is 0 Å². The molecule has 0 aliphatic rings. The smallest absolute Gasteiger partial charge is 0.345 e. The van der Waals surface area contributed by atoms with E-state index in [0.717, 1.165) is 0 Å². The van der Waals surface area contributed by atoms with Crippen LogP contribution in [0.1, 0.15) is 11.1 Å². The summed E-state index contributed by atoms with van der Waals surface area (Å²) in [6.45, 7) is 0. The van der Waals surface area contributed by atoms with Gasteiger partial charge in [0.2, 0.25) is 5.60 Å². The first-order valence-corrected chi connectivity index (χ1v) is 5.22. The Morgan fingerprint density at radius 3 is 1.44 bits per heavy atom. The second kappa shape index (κ2) is 5.94. The summed E-state index contributed by atoms with van der Waals surface area (Å²) in [5, 5.41) is 19.7. The molecule has 0 spiro atoms. The van der Waals surface area contributed by atoms with Gasteiger partial charge in [-0.05, 0) is 11.1 Å². The largest absolute Gasteiger partial charge is 0.479 e. The minimum Gasteiger partial charge on any atom is -0.479 e. The number of carbonyl (C=O) groups is 1. The van der Waals surface area contributed by atoms with Crippen LogP contribution in [0.3, 0.4) is 0 Å². The van der Waals surface area contributed by atoms with Gasteiger partial charge in [-0.1, -0.05) is 60.7 Å². The molecule has 2 N–H and O–H groups in total. The van der Waals surface area contributed by atoms with Crippen LogP contribution in [-0.2, 0) is 31.5 Å². The second-order valence-electron chi connectivity index (χ2n) is 3.75. The number of aliphatic carboxylic acids is 1. The first-order valence-electron chi connectivity index (χ1n) is 5.22. The van der Waals surface area contributed by atoms with Crippen molar-refractivity contribution in [2.24, 2.45) is 0 Å². The maximum atomic E-state index is 11.4. The number of aliphatic hydroxyl groups is 1. The zero-order valence-electron chi connectivity index (χ0n) is 9.48. The Balaban J connectivity index is 0.00000162. The van der Waals surface area contributed by atoms with Crippen LogP contribution in [0.15, 0.2) is 60.7 Å². The van der Waals surface area contributed by atoms with Gasteiger partial charge in [0.1, 0.15) is 0 Å². The molecule has 0 aliphatic carbocycles. The molecule has 2 rings (SSSR count). The maximum Gasteiger partial charge on any atom is 0.345 e. The molecule has 0 aromatic heterocycles. The van der Waals surface area contributed by atoms with E-state index in [1.54, 1.807) is 60.7 Å². The van der Waals surface area contributed by atoms with E-state index in [9.17, 15) is 15.0 Å². The van der Waals surface area contributed by atoms with Crippen LogP contribution in [0.4, 0.5) is 0 Å². The predicted octanol–water partition coefficient (Wildman–Crippen LogP) is 2.00. The molecule has 92 valence electrons. The Bertz CT molecular complexity index is 472. The third-order valence-corrected chi connectivity index (χ3v) is 2.69. The summed E-state index contributed by atoms with van der Waals surface area (Å²) in [6.07, 6.45) is 0. The van der Waals surface area contributed by atoms with E-state index >= 15 is 0 Å². The summed E-state index contributed by atoms with van der Waals surface area (Å²) in [5.41, 5.74) is -1.31. The van der Waals surface area contributed by atoms with Gasteiger partial charge in [-0.3, -0.25) is 0 Å². The summed E-state index contributed by atoms with van der Waals surface area (Å²) in [4.78, 5) is 11.4. The summed E-state index contributed by atoms with van der Waals surface area (Å²) in [7, 11) is 0. The number of carboxylic acid groups (broad SMARTS) is 1. The quantitative estimate of drug-likeness (QED) is 0.812. The van der Waals surface area contributed by atoms with Crippen LogP contribution in [-0.4, -0.2) is 16.2 Å². The molecule has 2 aromatic rings. The first kappa shape index (κ1) is 14.6. The summed E-state index contributed by atoms with van der Waals surface area (Å²) in [5.74, 6) is -1.28. The van der Waals surface area contributed by atoms with Gasteiger partial charge < -0.3 is 10.2 Å². The Hall–Kier alpha value is -1.44. The van der Waals surface area contributed by atoms with E-state index in [1.807, 2.05) is 0 Å². The normalized spacial score (nSPS) is 10.5. The van der Waals surface area contributed by atoms with E-state index in [2.05, 4.69) is 0 Å². The van der Waals surface area contributed by atoms with E-state index in [1.165, 1.54) is 0 Å². The van der Waals surface area contributed by atoms with Crippen molar-refractivity contribution in [3.05, 3.63) is 71.8 Å². The maximum absolute atomic E-state index is 11.4. The molecule has 0 fully saturated rings. The molecule has 0 aliphatic heterocycles. The van der Waals surface area contributed by atoms with Crippen molar-refractivity contribution < 1.29 is 36.1 Å². The van der Waals surface area contributed by atoms with Gasteiger partial charge in [-0.15, -0.1) is 0 Å². The monoisotopic (exact) mass is 412 g/mol. The molecule has 4 heteroatoms. The number of rotatable bonds is 3. The third-order valence-electron chi connectivity index (χ3n) is 2.69. The van der Waals surface area contributed by atoms with Crippen molar-refractivity contribution in [3.63, 3.8) is 0 Å². The van der Waals surface area contributed by atoms with Crippen LogP contribution in [0.5, 0.6) is 0 Å². The van der Waals surface area contributed by atoms with Gasteiger partial charge >= 0.3 is 5.97 Å². The van der Waals surface area contributed by atoms with E-state index in [0.29, 0.717) is 11.1 Å². The molecule has 3 nitrogen and oxygen atoms in total. The minimum atomic E-state index is -2.00. The fraction of sp³-hybridized carbons (Fsp3) is 0.0714. The first-order chi connectivity index (χ1) is 8.15. The number of benzene rings is 2. The molecular formula is C14H12O3W. The standard InChI is InChI=1S/C14H12O3.W/c15-13(16)14(17,11-7-3-1-4-8-11)12-9-5-2-6-10-12;/h1-10,17H,(H,15,16);. The predicted molar refractivity (Wildman–Crippen MR) is 63.5 cm³/mol. The van der Waals surface area contributed by atoms with Crippen LogP contribution in [0, 0.1) is 0 Å². The van der Waals surface area contributed by atoms with Crippen LogP contribution in [0.25, 0.3) is 0 Å².